The average molecular weight is 393 g/mol. The van der Waals surface area contributed by atoms with Gasteiger partial charge >= 0.3 is 5.97 Å². The normalized spacial score (nSPS) is 11.1. The zero-order valence-corrected chi connectivity index (χ0v) is 15.4. The van der Waals surface area contributed by atoms with E-state index in [0.29, 0.717) is 42.3 Å². The van der Waals surface area contributed by atoms with Crippen LogP contribution in [0.2, 0.25) is 0 Å². The summed E-state index contributed by atoms with van der Waals surface area (Å²) in [5.41, 5.74) is 9.33. The summed E-state index contributed by atoms with van der Waals surface area (Å²) in [6.45, 7) is 0.988. The minimum Gasteiger partial charge on any atom is -0.481 e. The molecule has 0 amide bonds. The maximum absolute atomic E-state index is 10.6. The lowest BCUT2D eigenvalue weighted by molar-refractivity contribution is -0.137. The Morgan fingerprint density at radius 3 is 2.79 bits per heavy atom. The van der Waals surface area contributed by atoms with Crippen molar-refractivity contribution in [1.29, 1.82) is 0 Å². The number of rotatable bonds is 8. The van der Waals surface area contributed by atoms with Crippen LogP contribution in [0.4, 0.5) is 11.6 Å². The fourth-order valence-corrected chi connectivity index (χ4v) is 2.81. The third-order valence-corrected chi connectivity index (χ3v) is 4.28. The largest absolute Gasteiger partial charge is 0.481 e. The number of nitrogens with zero attached hydrogens (tertiary/aromatic N) is 7. The Morgan fingerprint density at radius 1 is 1.21 bits per heavy atom. The van der Waals surface area contributed by atoms with Gasteiger partial charge in [0.1, 0.15) is 0 Å². The zero-order valence-electron chi connectivity index (χ0n) is 15.4. The number of aromatic nitrogens is 7. The number of nitrogens with two attached hydrogens (primary N) is 1. The smallest absolute Gasteiger partial charge is 0.303 e. The van der Waals surface area contributed by atoms with E-state index in [2.05, 4.69) is 30.7 Å². The van der Waals surface area contributed by atoms with Gasteiger partial charge in [-0.15, -0.1) is 5.10 Å². The predicted molar refractivity (Wildman–Crippen MR) is 105 cm³/mol. The molecule has 0 unspecified atom stereocenters. The highest BCUT2D eigenvalue weighted by Crippen LogP contribution is 2.18. The number of benzene rings is 1. The lowest BCUT2D eigenvalue weighted by atomic mass is 10.2. The Kier molecular flexibility index (Phi) is 5.12. The van der Waals surface area contributed by atoms with Crippen LogP contribution in [0, 0.1) is 0 Å². The number of carboxylic acids is 1. The highest BCUT2D eigenvalue weighted by atomic mass is 16.4. The molecule has 0 bridgehead atoms. The van der Waals surface area contributed by atoms with Gasteiger partial charge in [-0.3, -0.25) is 9.48 Å². The Bertz CT molecular complexity index is 1130. The second kappa shape index (κ2) is 8.02. The number of hydrogen-bond acceptors (Lipinski definition) is 8. The molecule has 0 spiro atoms. The van der Waals surface area contributed by atoms with Crippen LogP contribution in [-0.4, -0.2) is 45.8 Å². The summed E-state index contributed by atoms with van der Waals surface area (Å²) in [5.74, 6) is -0.440. The second-order valence-electron chi connectivity index (χ2n) is 6.39. The Labute approximate surface area is 165 Å². The number of aryl methyl sites for hydroxylation is 1. The first-order valence-electron chi connectivity index (χ1n) is 9.01. The SMILES string of the molecule is NCc1ccc(-n2nnc3cnc(Nc4cnn(CCCC(=O)O)c4)nc32)cc1. The van der Waals surface area contributed by atoms with E-state index in [-0.39, 0.29) is 6.42 Å². The lowest BCUT2D eigenvalue weighted by Crippen LogP contribution is -2.03. The lowest BCUT2D eigenvalue weighted by Gasteiger charge is -2.04. The summed E-state index contributed by atoms with van der Waals surface area (Å²) in [5, 5.41) is 24.3. The van der Waals surface area contributed by atoms with Crippen molar-refractivity contribution in [1.82, 2.24) is 34.7 Å². The van der Waals surface area contributed by atoms with Gasteiger partial charge in [-0.1, -0.05) is 17.3 Å². The average Bonchev–Trinajstić information content (AvgIpc) is 3.34. The van der Waals surface area contributed by atoms with Crippen molar-refractivity contribution in [3.05, 3.63) is 48.4 Å². The fourth-order valence-electron chi connectivity index (χ4n) is 2.81. The molecule has 0 saturated heterocycles. The van der Waals surface area contributed by atoms with Crippen LogP contribution in [0.3, 0.4) is 0 Å². The van der Waals surface area contributed by atoms with Gasteiger partial charge in [0.05, 0.1) is 23.8 Å². The monoisotopic (exact) mass is 393 g/mol. The molecule has 0 aliphatic carbocycles. The third kappa shape index (κ3) is 4.19. The van der Waals surface area contributed by atoms with E-state index in [9.17, 15) is 4.79 Å². The molecule has 1 aromatic carbocycles. The van der Waals surface area contributed by atoms with E-state index in [0.717, 1.165) is 11.3 Å². The second-order valence-corrected chi connectivity index (χ2v) is 6.39. The molecule has 4 N–H and O–H groups in total. The van der Waals surface area contributed by atoms with E-state index in [4.69, 9.17) is 10.8 Å². The van der Waals surface area contributed by atoms with Crippen molar-refractivity contribution in [2.24, 2.45) is 5.73 Å². The Morgan fingerprint density at radius 2 is 2.03 bits per heavy atom. The molecule has 4 rings (SSSR count). The molecule has 0 radical (unpaired) electrons. The molecule has 11 nitrogen and oxygen atoms in total. The fraction of sp³-hybridized carbons (Fsp3) is 0.222. The molecule has 3 heterocycles. The summed E-state index contributed by atoms with van der Waals surface area (Å²) in [4.78, 5) is 19.4. The number of nitrogens with one attached hydrogen (secondary N) is 1. The molecule has 148 valence electrons. The quantitative estimate of drug-likeness (QED) is 0.404. The van der Waals surface area contributed by atoms with E-state index < -0.39 is 5.97 Å². The third-order valence-electron chi connectivity index (χ3n) is 4.28. The first kappa shape index (κ1) is 18.5. The predicted octanol–water partition coefficient (Wildman–Crippen LogP) is 1.47. The molecule has 0 fully saturated rings. The number of hydrogen-bond donors (Lipinski definition) is 3. The first-order valence-corrected chi connectivity index (χ1v) is 9.01. The van der Waals surface area contributed by atoms with Crippen LogP contribution < -0.4 is 11.1 Å². The molecule has 0 aliphatic heterocycles. The molecular weight excluding hydrogens is 374 g/mol. The van der Waals surface area contributed by atoms with Gasteiger partial charge in [0.25, 0.3) is 0 Å². The summed E-state index contributed by atoms with van der Waals surface area (Å²) >= 11 is 0. The number of carboxylic acid groups (broad SMARTS) is 1. The van der Waals surface area contributed by atoms with Crippen molar-refractivity contribution in [3.8, 4) is 5.69 Å². The Balaban J connectivity index is 1.53. The number of anilines is 2. The minimum atomic E-state index is -0.819. The van der Waals surface area contributed by atoms with Crippen molar-refractivity contribution >= 4 is 28.8 Å². The van der Waals surface area contributed by atoms with Crippen molar-refractivity contribution in [2.45, 2.75) is 25.9 Å². The molecule has 0 atom stereocenters. The van der Waals surface area contributed by atoms with Gasteiger partial charge in [-0.25, -0.2) is 4.98 Å². The van der Waals surface area contributed by atoms with Crippen molar-refractivity contribution in [2.75, 3.05) is 5.32 Å². The van der Waals surface area contributed by atoms with Crippen LogP contribution in [0.5, 0.6) is 0 Å². The zero-order chi connectivity index (χ0) is 20.2. The molecule has 3 aromatic heterocycles. The van der Waals surface area contributed by atoms with Crippen LogP contribution >= 0.6 is 0 Å². The van der Waals surface area contributed by atoms with Gasteiger partial charge in [0.2, 0.25) is 5.95 Å². The highest BCUT2D eigenvalue weighted by molar-refractivity contribution is 5.72. The highest BCUT2D eigenvalue weighted by Gasteiger charge is 2.11. The summed E-state index contributed by atoms with van der Waals surface area (Å²) < 4.78 is 3.31. The van der Waals surface area contributed by atoms with Crippen LogP contribution in [0.25, 0.3) is 16.9 Å². The van der Waals surface area contributed by atoms with Gasteiger partial charge in [0, 0.05) is 25.7 Å². The van der Waals surface area contributed by atoms with E-state index in [1.165, 1.54) is 0 Å². The first-order chi connectivity index (χ1) is 14.1. The maximum Gasteiger partial charge on any atom is 0.303 e. The Hall–Kier alpha value is -3.86. The van der Waals surface area contributed by atoms with Gasteiger partial charge in [-0.2, -0.15) is 14.8 Å². The van der Waals surface area contributed by atoms with E-state index >= 15 is 0 Å². The minimum absolute atomic E-state index is 0.103. The molecule has 0 saturated carbocycles. The molecule has 0 aliphatic rings. The van der Waals surface area contributed by atoms with E-state index in [1.54, 1.807) is 28.0 Å². The van der Waals surface area contributed by atoms with E-state index in [1.807, 2.05) is 24.3 Å². The van der Waals surface area contributed by atoms with Gasteiger partial charge in [0.15, 0.2) is 11.2 Å². The number of carbonyl (C=O) groups is 1. The number of aliphatic carboxylic acids is 1. The standard InChI is InChI=1S/C18H19N9O2/c19-8-12-3-5-14(6-4-12)27-17-15(24-25-27)10-20-18(23-17)22-13-9-21-26(11-13)7-1-2-16(28)29/h3-6,9-11H,1-2,7-8,19H2,(H,28,29)(H,20,22,23). The topological polar surface area (TPSA) is 150 Å². The summed E-state index contributed by atoms with van der Waals surface area (Å²) in [7, 11) is 0. The summed E-state index contributed by atoms with van der Waals surface area (Å²) in [6.07, 6.45) is 5.62. The molecule has 4 aromatic rings. The molecule has 11 heteroatoms. The maximum atomic E-state index is 10.6. The van der Waals surface area contributed by atoms with Crippen LogP contribution in [0.15, 0.2) is 42.9 Å². The van der Waals surface area contributed by atoms with Crippen molar-refractivity contribution in [3.63, 3.8) is 0 Å². The molecule has 29 heavy (non-hydrogen) atoms. The van der Waals surface area contributed by atoms with Crippen LogP contribution in [0.1, 0.15) is 18.4 Å². The molecular formula is C18H19N9O2. The summed E-state index contributed by atoms with van der Waals surface area (Å²) in [6, 6.07) is 7.68. The van der Waals surface area contributed by atoms with Gasteiger partial charge < -0.3 is 16.2 Å². The van der Waals surface area contributed by atoms with Crippen LogP contribution in [-0.2, 0) is 17.9 Å². The van der Waals surface area contributed by atoms with Crippen molar-refractivity contribution < 1.29 is 9.90 Å². The van der Waals surface area contributed by atoms with Gasteiger partial charge in [-0.05, 0) is 24.1 Å². The number of fused-ring (bicyclic) bond motifs is 1.